The van der Waals surface area contributed by atoms with Crippen LogP contribution in [-0.2, 0) is 16.0 Å². The summed E-state index contributed by atoms with van der Waals surface area (Å²) >= 11 is 9.54. The van der Waals surface area contributed by atoms with Crippen LogP contribution in [0.3, 0.4) is 0 Å². The van der Waals surface area contributed by atoms with E-state index in [1.165, 1.54) is 0 Å². The van der Waals surface area contributed by atoms with E-state index in [4.69, 9.17) is 16.3 Å². The molecule has 2 aromatic carbocycles. The van der Waals surface area contributed by atoms with E-state index in [1.54, 1.807) is 18.2 Å². The minimum Gasteiger partial charge on any atom is -0.456 e. The summed E-state index contributed by atoms with van der Waals surface area (Å²) in [7, 11) is 0. The number of ketones is 2. The Kier molecular flexibility index (Phi) is 5.07. The van der Waals surface area contributed by atoms with Gasteiger partial charge >= 0.3 is 0 Å². The number of benzene rings is 2. The molecule has 3 nitrogen and oxygen atoms in total. The van der Waals surface area contributed by atoms with Gasteiger partial charge in [0.15, 0.2) is 0 Å². The second-order valence-corrected chi connectivity index (χ2v) is 7.08. The quantitative estimate of drug-likeness (QED) is 0.631. The van der Waals surface area contributed by atoms with Gasteiger partial charge in [-0.1, -0.05) is 40.5 Å². The van der Waals surface area contributed by atoms with Crippen molar-refractivity contribution in [1.29, 1.82) is 0 Å². The standard InChI is InChI=1S/C19H16BrClO3/c1-2-11-3-5-13(24-18-8-4-12(20)9-15(18)21)10-14(11)19-16(22)6-7-17(19)23/h3-5,8-10,19H,2,6-7H2,1H3. The first kappa shape index (κ1) is 17.2. The van der Waals surface area contributed by atoms with Crippen LogP contribution in [0.15, 0.2) is 40.9 Å². The number of ether oxygens (including phenoxy) is 1. The summed E-state index contributed by atoms with van der Waals surface area (Å²) in [6.07, 6.45) is 1.41. The Labute approximate surface area is 154 Å². The van der Waals surface area contributed by atoms with E-state index in [2.05, 4.69) is 15.9 Å². The summed E-state index contributed by atoms with van der Waals surface area (Å²) in [5.74, 6) is 0.434. The molecule has 124 valence electrons. The van der Waals surface area contributed by atoms with Crippen molar-refractivity contribution < 1.29 is 14.3 Å². The van der Waals surface area contributed by atoms with Crippen molar-refractivity contribution in [2.24, 2.45) is 0 Å². The molecule has 1 saturated carbocycles. The van der Waals surface area contributed by atoms with Gasteiger partial charge in [-0.25, -0.2) is 0 Å². The number of aryl methyl sites for hydroxylation is 1. The monoisotopic (exact) mass is 406 g/mol. The Morgan fingerprint density at radius 2 is 1.83 bits per heavy atom. The zero-order valence-electron chi connectivity index (χ0n) is 13.1. The fraction of sp³-hybridized carbons (Fsp3) is 0.263. The van der Waals surface area contributed by atoms with E-state index >= 15 is 0 Å². The Balaban J connectivity index is 1.97. The topological polar surface area (TPSA) is 43.4 Å². The minimum atomic E-state index is -0.649. The van der Waals surface area contributed by atoms with Crippen LogP contribution < -0.4 is 4.74 Å². The number of Topliss-reactive ketones (excluding diaryl/α,β-unsaturated/α-hetero) is 2. The number of halogens is 2. The van der Waals surface area contributed by atoms with E-state index in [0.29, 0.717) is 29.4 Å². The van der Waals surface area contributed by atoms with Crippen molar-refractivity contribution in [1.82, 2.24) is 0 Å². The van der Waals surface area contributed by atoms with Crippen molar-refractivity contribution >= 4 is 39.1 Å². The van der Waals surface area contributed by atoms with Gasteiger partial charge in [-0.15, -0.1) is 0 Å². The molecule has 0 atom stereocenters. The predicted molar refractivity (Wildman–Crippen MR) is 97.0 cm³/mol. The number of carbonyl (C=O) groups excluding carboxylic acids is 2. The Morgan fingerprint density at radius 1 is 1.12 bits per heavy atom. The summed E-state index contributed by atoms with van der Waals surface area (Å²) in [6, 6.07) is 10.9. The molecule has 0 aromatic heterocycles. The van der Waals surface area contributed by atoms with Crippen LogP contribution in [0, 0.1) is 0 Å². The largest absolute Gasteiger partial charge is 0.456 e. The summed E-state index contributed by atoms with van der Waals surface area (Å²) in [5.41, 5.74) is 1.76. The molecule has 1 aliphatic carbocycles. The maximum absolute atomic E-state index is 12.1. The van der Waals surface area contributed by atoms with E-state index < -0.39 is 5.92 Å². The van der Waals surface area contributed by atoms with Gasteiger partial charge in [0.05, 0.1) is 5.02 Å². The molecular weight excluding hydrogens is 392 g/mol. The first-order chi connectivity index (χ1) is 11.5. The highest BCUT2D eigenvalue weighted by Crippen LogP contribution is 2.36. The molecule has 1 fully saturated rings. The molecule has 0 unspecified atom stereocenters. The van der Waals surface area contributed by atoms with Gasteiger partial charge in [-0.3, -0.25) is 9.59 Å². The fourth-order valence-corrected chi connectivity index (χ4v) is 3.69. The lowest BCUT2D eigenvalue weighted by Crippen LogP contribution is -2.14. The summed E-state index contributed by atoms with van der Waals surface area (Å²) < 4.78 is 6.72. The Hall–Kier alpha value is -1.65. The number of carbonyl (C=O) groups is 2. The number of hydrogen-bond acceptors (Lipinski definition) is 3. The van der Waals surface area contributed by atoms with Gasteiger partial charge in [0.25, 0.3) is 0 Å². The molecule has 0 saturated heterocycles. The molecule has 0 aliphatic heterocycles. The van der Waals surface area contributed by atoms with Crippen LogP contribution in [0.2, 0.25) is 5.02 Å². The van der Waals surface area contributed by atoms with Crippen LogP contribution in [0.4, 0.5) is 0 Å². The average Bonchev–Trinajstić information content (AvgIpc) is 2.89. The second-order valence-electron chi connectivity index (χ2n) is 5.76. The summed E-state index contributed by atoms with van der Waals surface area (Å²) in [4.78, 5) is 24.3. The van der Waals surface area contributed by atoms with Crippen LogP contribution in [0.5, 0.6) is 11.5 Å². The van der Waals surface area contributed by atoms with E-state index in [1.807, 2.05) is 25.1 Å². The van der Waals surface area contributed by atoms with Gasteiger partial charge in [-0.2, -0.15) is 0 Å². The normalized spacial score (nSPS) is 15.1. The van der Waals surface area contributed by atoms with Crippen molar-refractivity contribution in [3.8, 4) is 11.5 Å². The van der Waals surface area contributed by atoms with Gasteiger partial charge in [0.2, 0.25) is 0 Å². The van der Waals surface area contributed by atoms with Crippen molar-refractivity contribution in [3.05, 3.63) is 57.0 Å². The molecule has 0 spiro atoms. The minimum absolute atomic E-state index is 0.00600. The van der Waals surface area contributed by atoms with Crippen LogP contribution in [0.25, 0.3) is 0 Å². The lowest BCUT2D eigenvalue weighted by Gasteiger charge is -2.15. The molecule has 5 heteroatoms. The zero-order valence-corrected chi connectivity index (χ0v) is 15.5. The van der Waals surface area contributed by atoms with Crippen molar-refractivity contribution in [2.75, 3.05) is 0 Å². The van der Waals surface area contributed by atoms with Crippen LogP contribution in [0.1, 0.15) is 36.8 Å². The maximum Gasteiger partial charge on any atom is 0.148 e. The van der Waals surface area contributed by atoms with Crippen LogP contribution >= 0.6 is 27.5 Å². The first-order valence-electron chi connectivity index (χ1n) is 7.80. The molecule has 1 aliphatic rings. The highest BCUT2D eigenvalue weighted by Gasteiger charge is 2.35. The number of hydrogen-bond donors (Lipinski definition) is 0. The molecule has 3 rings (SSSR count). The SMILES string of the molecule is CCc1ccc(Oc2ccc(Br)cc2Cl)cc1C1C(=O)CCC1=O. The van der Waals surface area contributed by atoms with Gasteiger partial charge < -0.3 is 4.74 Å². The molecule has 2 aromatic rings. The lowest BCUT2D eigenvalue weighted by atomic mass is 9.90. The average molecular weight is 408 g/mol. The fourth-order valence-electron chi connectivity index (χ4n) is 2.97. The summed E-state index contributed by atoms with van der Waals surface area (Å²) in [6.45, 7) is 2.01. The Bertz CT molecular complexity index is 800. The third kappa shape index (κ3) is 3.40. The predicted octanol–water partition coefficient (Wildman–Crippen LogP) is 5.47. The highest BCUT2D eigenvalue weighted by atomic mass is 79.9. The van der Waals surface area contributed by atoms with Gasteiger partial charge in [0, 0.05) is 17.3 Å². The van der Waals surface area contributed by atoms with Gasteiger partial charge in [-0.05, 0) is 47.9 Å². The lowest BCUT2D eigenvalue weighted by molar-refractivity contribution is -0.123. The first-order valence-corrected chi connectivity index (χ1v) is 8.98. The molecule has 24 heavy (non-hydrogen) atoms. The molecule has 0 N–H and O–H groups in total. The smallest absolute Gasteiger partial charge is 0.148 e. The van der Waals surface area contributed by atoms with Crippen molar-refractivity contribution in [2.45, 2.75) is 32.1 Å². The summed E-state index contributed by atoms with van der Waals surface area (Å²) in [5, 5.41) is 0.485. The second kappa shape index (κ2) is 7.08. The van der Waals surface area contributed by atoms with E-state index in [9.17, 15) is 9.59 Å². The molecular formula is C19H16BrClO3. The Morgan fingerprint density at radius 3 is 2.46 bits per heavy atom. The molecule has 0 heterocycles. The van der Waals surface area contributed by atoms with Gasteiger partial charge in [0.1, 0.15) is 29.0 Å². The molecule has 0 bridgehead atoms. The maximum atomic E-state index is 12.1. The third-order valence-corrected chi connectivity index (χ3v) is 4.98. The highest BCUT2D eigenvalue weighted by molar-refractivity contribution is 9.10. The van der Waals surface area contributed by atoms with E-state index in [0.717, 1.165) is 22.0 Å². The molecule has 0 amide bonds. The van der Waals surface area contributed by atoms with Crippen LogP contribution in [-0.4, -0.2) is 11.6 Å². The van der Waals surface area contributed by atoms with Crippen molar-refractivity contribution in [3.63, 3.8) is 0 Å². The zero-order chi connectivity index (χ0) is 17.3. The number of rotatable bonds is 4. The van der Waals surface area contributed by atoms with E-state index in [-0.39, 0.29) is 11.6 Å². The molecule has 0 radical (unpaired) electrons. The third-order valence-electron chi connectivity index (χ3n) is 4.19.